The quantitative estimate of drug-likeness (QED) is 0.361. The molecule has 0 aliphatic heterocycles. The summed E-state index contributed by atoms with van der Waals surface area (Å²) in [5, 5.41) is 14.4. The first-order valence-corrected chi connectivity index (χ1v) is 8.55. The second-order valence-electron chi connectivity index (χ2n) is 6.17. The summed E-state index contributed by atoms with van der Waals surface area (Å²) in [6, 6.07) is 13.2. The molecule has 0 saturated carbocycles. The number of furan rings is 1. The summed E-state index contributed by atoms with van der Waals surface area (Å²) >= 11 is 0. The van der Waals surface area contributed by atoms with Crippen molar-refractivity contribution < 1.29 is 27.3 Å². The number of hydrazone groups is 1. The van der Waals surface area contributed by atoms with Gasteiger partial charge in [-0.2, -0.15) is 18.3 Å². The summed E-state index contributed by atoms with van der Waals surface area (Å²) in [6.07, 6.45) is -3.28. The van der Waals surface area contributed by atoms with Gasteiger partial charge in [0.05, 0.1) is 23.1 Å². The lowest BCUT2D eigenvalue weighted by Gasteiger charge is -2.07. The van der Waals surface area contributed by atoms with E-state index in [1.807, 2.05) is 0 Å². The first-order chi connectivity index (χ1) is 14.2. The molecule has 154 valence electrons. The van der Waals surface area contributed by atoms with Gasteiger partial charge in [-0.25, -0.2) is 5.43 Å². The van der Waals surface area contributed by atoms with Gasteiger partial charge in [-0.3, -0.25) is 14.9 Å². The topological polar surface area (TPSA) is 97.7 Å². The third kappa shape index (κ3) is 5.31. The van der Waals surface area contributed by atoms with Gasteiger partial charge in [0, 0.05) is 17.7 Å². The van der Waals surface area contributed by atoms with Crippen molar-refractivity contribution in [1.82, 2.24) is 5.43 Å². The van der Waals surface area contributed by atoms with Crippen LogP contribution in [-0.4, -0.2) is 17.0 Å². The number of alkyl halides is 3. The smallest absolute Gasteiger partial charge is 0.416 e. The maximum Gasteiger partial charge on any atom is 0.416 e. The average molecular weight is 417 g/mol. The van der Waals surface area contributed by atoms with Crippen LogP contribution < -0.4 is 5.43 Å². The molecule has 3 aromatic rings. The minimum Gasteiger partial charge on any atom is -0.455 e. The third-order valence-corrected chi connectivity index (χ3v) is 3.99. The summed E-state index contributed by atoms with van der Waals surface area (Å²) in [7, 11) is 0. The van der Waals surface area contributed by atoms with Gasteiger partial charge < -0.3 is 4.42 Å². The molecule has 0 fully saturated rings. The maximum atomic E-state index is 12.8. The van der Waals surface area contributed by atoms with E-state index in [0.717, 1.165) is 12.1 Å². The number of rotatable bonds is 6. The zero-order valence-electron chi connectivity index (χ0n) is 15.2. The molecule has 0 radical (unpaired) electrons. The molecular weight excluding hydrogens is 403 g/mol. The molecule has 0 unspecified atom stereocenters. The lowest BCUT2D eigenvalue weighted by Crippen LogP contribution is -2.19. The molecule has 1 N–H and O–H groups in total. The van der Waals surface area contributed by atoms with Crippen molar-refractivity contribution in [3.63, 3.8) is 0 Å². The van der Waals surface area contributed by atoms with Crippen LogP contribution in [-0.2, 0) is 17.4 Å². The van der Waals surface area contributed by atoms with Crippen molar-refractivity contribution in [2.45, 2.75) is 12.6 Å². The van der Waals surface area contributed by atoms with E-state index in [1.54, 1.807) is 0 Å². The van der Waals surface area contributed by atoms with Gasteiger partial charge in [0.1, 0.15) is 11.5 Å². The number of hydrogen-bond donors (Lipinski definition) is 1. The van der Waals surface area contributed by atoms with Crippen LogP contribution in [0.5, 0.6) is 0 Å². The molecule has 30 heavy (non-hydrogen) atoms. The fourth-order valence-corrected chi connectivity index (χ4v) is 2.55. The van der Waals surface area contributed by atoms with Crippen molar-refractivity contribution in [2.24, 2.45) is 5.10 Å². The van der Waals surface area contributed by atoms with Crippen LogP contribution in [0.25, 0.3) is 11.3 Å². The number of hydrogen-bond acceptors (Lipinski definition) is 5. The molecule has 0 spiro atoms. The number of carbonyl (C=O) groups excluding carboxylic acids is 1. The Balaban J connectivity index is 1.59. The Morgan fingerprint density at radius 2 is 1.87 bits per heavy atom. The van der Waals surface area contributed by atoms with Crippen LogP contribution in [0.1, 0.15) is 16.9 Å². The van der Waals surface area contributed by atoms with Crippen molar-refractivity contribution in [3.05, 3.63) is 87.7 Å². The molecule has 1 amide bonds. The van der Waals surface area contributed by atoms with Crippen molar-refractivity contribution in [3.8, 4) is 11.3 Å². The highest BCUT2D eigenvalue weighted by Crippen LogP contribution is 2.32. The van der Waals surface area contributed by atoms with Crippen molar-refractivity contribution >= 4 is 17.8 Å². The number of amides is 1. The molecule has 1 heterocycles. The molecule has 0 aliphatic carbocycles. The average Bonchev–Trinajstić information content (AvgIpc) is 3.17. The number of benzene rings is 2. The Hall–Kier alpha value is -3.95. The van der Waals surface area contributed by atoms with E-state index in [1.165, 1.54) is 54.7 Å². The Kier molecular flexibility index (Phi) is 5.95. The third-order valence-electron chi connectivity index (χ3n) is 3.99. The first kappa shape index (κ1) is 20.8. The zero-order chi connectivity index (χ0) is 21.7. The summed E-state index contributed by atoms with van der Waals surface area (Å²) in [4.78, 5) is 22.0. The van der Waals surface area contributed by atoms with Gasteiger partial charge in [-0.15, -0.1) is 0 Å². The highest BCUT2D eigenvalue weighted by atomic mass is 19.4. The predicted octanol–water partition coefficient (Wildman–Crippen LogP) is 4.57. The van der Waals surface area contributed by atoms with Crippen LogP contribution in [0.3, 0.4) is 0 Å². The highest BCUT2D eigenvalue weighted by Gasteiger charge is 2.30. The molecule has 10 heteroatoms. The molecule has 2 aromatic carbocycles. The van der Waals surface area contributed by atoms with Crippen LogP contribution in [0.4, 0.5) is 18.9 Å². The molecule has 1 aromatic heterocycles. The van der Waals surface area contributed by atoms with E-state index >= 15 is 0 Å². The number of nitrogens with zero attached hydrogens (tertiary/aromatic N) is 2. The van der Waals surface area contributed by atoms with Crippen LogP contribution in [0, 0.1) is 10.1 Å². The number of non-ortho nitro benzene ring substituents is 1. The van der Waals surface area contributed by atoms with Gasteiger partial charge in [0.15, 0.2) is 0 Å². The van der Waals surface area contributed by atoms with Crippen molar-refractivity contribution in [2.75, 3.05) is 0 Å². The monoisotopic (exact) mass is 417 g/mol. The number of carbonyl (C=O) groups is 1. The summed E-state index contributed by atoms with van der Waals surface area (Å²) in [5.41, 5.74) is 2.24. The van der Waals surface area contributed by atoms with E-state index < -0.39 is 22.6 Å². The fraction of sp³-hybridized carbons (Fsp3) is 0.100. The Bertz CT molecular complexity index is 1090. The molecule has 0 saturated heterocycles. The van der Waals surface area contributed by atoms with Gasteiger partial charge >= 0.3 is 6.18 Å². The van der Waals surface area contributed by atoms with E-state index in [2.05, 4.69) is 10.5 Å². The molecule has 7 nitrogen and oxygen atoms in total. The predicted molar refractivity (Wildman–Crippen MR) is 102 cm³/mol. The normalized spacial score (nSPS) is 11.6. The first-order valence-electron chi connectivity index (χ1n) is 8.55. The number of halogens is 3. The standard InChI is InChI=1S/C20H14F3N3O4/c21-20(22,23)15-3-1-2-14(11-15)18-9-8-17(30-18)12-24-25-19(27)10-13-4-6-16(7-5-13)26(28)29/h1-9,11-12H,10H2,(H,25,27)/b24-12-. The molecule has 0 bridgehead atoms. The number of nitrogens with one attached hydrogen (secondary N) is 1. The summed E-state index contributed by atoms with van der Waals surface area (Å²) in [5.74, 6) is 0.00238. The second kappa shape index (κ2) is 8.60. The largest absolute Gasteiger partial charge is 0.455 e. The Morgan fingerprint density at radius 3 is 2.53 bits per heavy atom. The van der Waals surface area contributed by atoms with Gasteiger partial charge in [0.25, 0.3) is 5.69 Å². The zero-order valence-corrected chi connectivity index (χ0v) is 15.2. The van der Waals surface area contributed by atoms with Crippen LogP contribution in [0.15, 0.2) is 70.2 Å². The van der Waals surface area contributed by atoms with E-state index in [4.69, 9.17) is 4.42 Å². The van der Waals surface area contributed by atoms with E-state index in [9.17, 15) is 28.1 Å². The van der Waals surface area contributed by atoms with Gasteiger partial charge in [0.2, 0.25) is 5.91 Å². The van der Waals surface area contributed by atoms with Crippen LogP contribution >= 0.6 is 0 Å². The summed E-state index contributed by atoms with van der Waals surface area (Å²) in [6.45, 7) is 0. The minimum absolute atomic E-state index is 0.0387. The van der Waals surface area contributed by atoms with Gasteiger partial charge in [-0.1, -0.05) is 24.3 Å². The molecular formula is C20H14F3N3O4. The SMILES string of the molecule is O=C(Cc1ccc([N+](=O)[O-])cc1)N/N=C\c1ccc(-c2cccc(C(F)(F)F)c2)o1. The highest BCUT2D eigenvalue weighted by molar-refractivity contribution is 5.82. The minimum atomic E-state index is -4.46. The lowest BCUT2D eigenvalue weighted by atomic mass is 10.1. The lowest BCUT2D eigenvalue weighted by molar-refractivity contribution is -0.384. The number of nitro groups is 1. The molecule has 3 rings (SSSR count). The molecule has 0 aliphatic rings. The van der Waals surface area contributed by atoms with Crippen molar-refractivity contribution in [1.29, 1.82) is 0 Å². The van der Waals surface area contributed by atoms with E-state index in [0.29, 0.717) is 5.56 Å². The second-order valence-corrected chi connectivity index (χ2v) is 6.17. The van der Waals surface area contributed by atoms with Crippen LogP contribution in [0.2, 0.25) is 0 Å². The van der Waals surface area contributed by atoms with Gasteiger partial charge in [-0.05, 0) is 29.8 Å². The maximum absolute atomic E-state index is 12.8. The Labute approximate surface area is 168 Å². The Morgan fingerprint density at radius 1 is 1.13 bits per heavy atom. The molecule has 0 atom stereocenters. The van der Waals surface area contributed by atoms with E-state index in [-0.39, 0.29) is 29.2 Å². The fourth-order valence-electron chi connectivity index (χ4n) is 2.55. The number of nitro benzene ring substituents is 1. The summed E-state index contributed by atoms with van der Waals surface area (Å²) < 4.78 is 43.9.